The lowest BCUT2D eigenvalue weighted by atomic mass is 10.0. The Hall–Kier alpha value is -2.94. The van der Waals surface area contributed by atoms with Crippen LogP contribution in [0.15, 0.2) is 24.3 Å². The van der Waals surface area contributed by atoms with E-state index in [4.69, 9.17) is 4.74 Å². The highest BCUT2D eigenvalue weighted by molar-refractivity contribution is 6.16. The van der Waals surface area contributed by atoms with Gasteiger partial charge in [0.2, 0.25) is 24.2 Å². The maximum absolute atomic E-state index is 12.3. The number of nitrogens with zero attached hydrogens (tertiary/aromatic N) is 1. The van der Waals surface area contributed by atoms with Gasteiger partial charge in [-0.3, -0.25) is 35.2 Å². The molecule has 2 rings (SSSR count). The minimum absolute atomic E-state index is 0.195. The molecule has 3 amide bonds. The third kappa shape index (κ3) is 5.27. The number of amides is 3. The Morgan fingerprint density at radius 1 is 1.30 bits per heavy atom. The summed E-state index contributed by atoms with van der Waals surface area (Å²) in [4.78, 5) is 47.3. The summed E-state index contributed by atoms with van der Waals surface area (Å²) < 4.78 is 5.33. The van der Waals surface area contributed by atoms with E-state index in [1.54, 1.807) is 24.3 Å². The minimum atomic E-state index is -1.37. The molecule has 1 aliphatic rings. The molecule has 0 bridgehead atoms. The first-order chi connectivity index (χ1) is 13.0. The van der Waals surface area contributed by atoms with Gasteiger partial charge in [0.15, 0.2) is 0 Å². The summed E-state index contributed by atoms with van der Waals surface area (Å²) in [5, 5.41) is 9.74. The van der Waals surface area contributed by atoms with Crippen molar-refractivity contribution in [2.24, 2.45) is 5.92 Å². The van der Waals surface area contributed by atoms with E-state index in [9.17, 15) is 24.4 Å². The molecule has 27 heavy (non-hydrogen) atoms. The maximum Gasteiger partial charge on any atom is 0.287 e. The summed E-state index contributed by atoms with van der Waals surface area (Å²) in [7, 11) is 0. The highest BCUT2D eigenvalue weighted by atomic mass is 16.5. The van der Waals surface area contributed by atoms with Crippen LogP contribution in [0.2, 0.25) is 0 Å². The fourth-order valence-corrected chi connectivity index (χ4v) is 2.77. The van der Waals surface area contributed by atoms with Gasteiger partial charge in [-0.2, -0.15) is 0 Å². The van der Waals surface area contributed by atoms with Crippen molar-refractivity contribution >= 4 is 24.0 Å². The number of hydrogen-bond donors (Lipinski definition) is 3. The van der Waals surface area contributed by atoms with Crippen LogP contribution in [0.3, 0.4) is 0 Å². The molecule has 3 N–H and O–H groups in total. The van der Waals surface area contributed by atoms with Crippen LogP contribution >= 0.6 is 0 Å². The van der Waals surface area contributed by atoms with Crippen LogP contribution in [-0.4, -0.2) is 46.9 Å². The number of para-hydroxylation sites is 1. The second-order valence-electron chi connectivity index (χ2n) is 6.26. The Balaban J connectivity index is 1.91. The van der Waals surface area contributed by atoms with Crippen LogP contribution in [0.4, 0.5) is 0 Å². The minimum Gasteiger partial charge on any atom is -0.471 e. The van der Waals surface area contributed by atoms with E-state index in [0.717, 1.165) is 19.3 Å². The van der Waals surface area contributed by atoms with E-state index >= 15 is 0 Å². The number of carbonyl (C=O) groups excluding carboxylic acids is 4. The number of hydrogen-bond acceptors (Lipinski definition) is 6. The summed E-state index contributed by atoms with van der Waals surface area (Å²) in [5.74, 6) is -2.24. The fraction of sp³-hybridized carbons (Fsp3) is 0.444. The van der Waals surface area contributed by atoms with Gasteiger partial charge in [0.05, 0.1) is 18.0 Å². The molecule has 0 radical (unpaired) electrons. The number of hydrazine groups is 1. The van der Waals surface area contributed by atoms with Crippen molar-refractivity contribution < 1.29 is 29.1 Å². The number of fused-ring (bicyclic) bond motifs is 1. The number of Topliss-reactive ketones (excluding diaryl/α,β-unsaturated/α-hetero) is 1. The van der Waals surface area contributed by atoms with Crippen molar-refractivity contribution in [3.63, 3.8) is 0 Å². The molecule has 0 fully saturated rings. The van der Waals surface area contributed by atoms with Gasteiger partial charge in [0.1, 0.15) is 5.75 Å². The van der Waals surface area contributed by atoms with E-state index in [2.05, 4.69) is 10.9 Å². The van der Waals surface area contributed by atoms with Gasteiger partial charge in [-0.1, -0.05) is 38.3 Å². The second kappa shape index (κ2) is 9.67. The molecular formula is C18H23N3O6. The van der Waals surface area contributed by atoms with Crippen LogP contribution in [0.5, 0.6) is 5.75 Å². The Bertz CT molecular complexity index is 708. The molecule has 9 nitrogen and oxygen atoms in total. The molecule has 0 saturated carbocycles. The number of carbonyl (C=O) groups is 4. The van der Waals surface area contributed by atoms with Crippen LogP contribution in [0.25, 0.3) is 0 Å². The predicted molar refractivity (Wildman–Crippen MR) is 93.7 cm³/mol. The average Bonchev–Trinajstić information content (AvgIpc) is 3.02. The second-order valence-corrected chi connectivity index (χ2v) is 6.26. The first-order valence-corrected chi connectivity index (χ1v) is 8.78. The van der Waals surface area contributed by atoms with Crippen molar-refractivity contribution in [2.45, 2.75) is 38.7 Å². The number of benzene rings is 1. The normalized spacial score (nSPS) is 16.1. The van der Waals surface area contributed by atoms with E-state index in [1.807, 2.05) is 6.92 Å². The van der Waals surface area contributed by atoms with Gasteiger partial charge in [-0.05, 0) is 18.6 Å². The zero-order valence-corrected chi connectivity index (χ0v) is 15.0. The Labute approximate surface area is 156 Å². The summed E-state index contributed by atoms with van der Waals surface area (Å²) in [6.07, 6.45) is 1.85. The van der Waals surface area contributed by atoms with Crippen molar-refractivity contribution in [3.05, 3.63) is 29.8 Å². The van der Waals surface area contributed by atoms with Crippen molar-refractivity contribution in [1.29, 1.82) is 0 Å². The van der Waals surface area contributed by atoms with Gasteiger partial charge in [-0.25, -0.2) is 5.06 Å². The molecule has 2 atom stereocenters. The molecular weight excluding hydrogens is 354 g/mol. The van der Waals surface area contributed by atoms with Crippen LogP contribution in [0.1, 0.15) is 43.0 Å². The summed E-state index contributed by atoms with van der Waals surface area (Å²) in [5.41, 5.74) is 4.73. The Morgan fingerprint density at radius 2 is 2.04 bits per heavy atom. The van der Waals surface area contributed by atoms with Gasteiger partial charge in [0.25, 0.3) is 5.91 Å². The largest absolute Gasteiger partial charge is 0.471 e. The Morgan fingerprint density at radius 3 is 2.70 bits per heavy atom. The third-order valence-corrected chi connectivity index (χ3v) is 4.24. The highest BCUT2D eigenvalue weighted by Crippen LogP contribution is 2.28. The monoisotopic (exact) mass is 377 g/mol. The summed E-state index contributed by atoms with van der Waals surface area (Å²) in [6, 6.07) is 6.49. The molecule has 1 aliphatic heterocycles. The van der Waals surface area contributed by atoms with Gasteiger partial charge in [0, 0.05) is 0 Å². The molecule has 146 valence electrons. The predicted octanol–water partition coefficient (Wildman–Crippen LogP) is 0.822. The lowest BCUT2D eigenvalue weighted by Gasteiger charge is -2.20. The van der Waals surface area contributed by atoms with Crippen LogP contribution < -0.4 is 15.6 Å². The Kier molecular flexibility index (Phi) is 7.30. The number of unbranched alkanes of at least 4 members (excludes halogenated alkanes) is 2. The number of rotatable bonds is 9. The van der Waals surface area contributed by atoms with Gasteiger partial charge in [-0.15, -0.1) is 0 Å². The number of ketones is 1. The molecule has 9 heteroatoms. The number of hydroxylamine groups is 2. The molecule has 0 saturated heterocycles. The number of nitrogens with one attached hydrogen (secondary N) is 2. The first kappa shape index (κ1) is 20.4. The van der Waals surface area contributed by atoms with E-state index in [-0.39, 0.29) is 13.0 Å². The quantitative estimate of drug-likeness (QED) is 0.192. The van der Waals surface area contributed by atoms with Crippen LogP contribution in [0, 0.1) is 5.92 Å². The molecule has 0 aromatic heterocycles. The topological polar surface area (TPSA) is 125 Å². The van der Waals surface area contributed by atoms with E-state index in [0.29, 0.717) is 22.8 Å². The van der Waals surface area contributed by atoms with E-state index < -0.39 is 29.6 Å². The standard InChI is InChI=1S/C18H23N3O6/c1-2-3-4-7-12(10-21(26)11-22)17(24)19-20-18(25)16-15(23)13-8-5-6-9-14(13)27-16/h5-6,8-9,11-12,16,26H,2-4,7,10H2,1H3,(H,19,24)(H,20,25)/t12-,16?/m1/s1. The maximum atomic E-state index is 12.3. The number of ether oxygens (including phenoxy) is 1. The molecule has 1 heterocycles. The molecule has 1 unspecified atom stereocenters. The zero-order chi connectivity index (χ0) is 19.8. The van der Waals surface area contributed by atoms with Crippen LogP contribution in [-0.2, 0) is 14.4 Å². The highest BCUT2D eigenvalue weighted by Gasteiger charge is 2.38. The molecule has 1 aromatic rings. The van der Waals surface area contributed by atoms with Gasteiger partial charge < -0.3 is 4.74 Å². The molecule has 1 aromatic carbocycles. The lowest BCUT2D eigenvalue weighted by Crippen LogP contribution is -2.51. The first-order valence-electron chi connectivity index (χ1n) is 8.78. The SMILES string of the molecule is CCCCC[C@H](CN(O)C=O)C(=O)NNC(=O)C1Oc2ccccc2C1=O. The van der Waals surface area contributed by atoms with Crippen molar-refractivity contribution in [2.75, 3.05) is 6.54 Å². The summed E-state index contributed by atoms with van der Waals surface area (Å²) >= 11 is 0. The van der Waals surface area contributed by atoms with Crippen molar-refractivity contribution in [1.82, 2.24) is 15.9 Å². The molecule has 0 aliphatic carbocycles. The third-order valence-electron chi connectivity index (χ3n) is 4.24. The fourth-order valence-electron chi connectivity index (χ4n) is 2.77. The van der Waals surface area contributed by atoms with Crippen molar-refractivity contribution in [3.8, 4) is 5.75 Å². The summed E-state index contributed by atoms with van der Waals surface area (Å²) in [6.45, 7) is 1.81. The van der Waals surface area contributed by atoms with E-state index in [1.165, 1.54) is 0 Å². The zero-order valence-electron chi connectivity index (χ0n) is 15.0. The smallest absolute Gasteiger partial charge is 0.287 e. The molecule has 0 spiro atoms. The lowest BCUT2D eigenvalue weighted by molar-refractivity contribution is -0.155. The van der Waals surface area contributed by atoms with Gasteiger partial charge >= 0.3 is 0 Å². The average molecular weight is 377 g/mol.